The minimum Gasteiger partial charge on any atom is -0.389 e. The average molecular weight is 321 g/mol. The highest BCUT2D eigenvalue weighted by molar-refractivity contribution is 6.06. The molecule has 0 radical (unpaired) electrons. The van der Waals surface area contributed by atoms with E-state index in [4.69, 9.17) is 0 Å². The fourth-order valence-corrected chi connectivity index (χ4v) is 2.83. The van der Waals surface area contributed by atoms with Gasteiger partial charge in [-0.05, 0) is 36.2 Å². The zero-order valence-electron chi connectivity index (χ0n) is 12.3. The molecule has 2 aromatic rings. The van der Waals surface area contributed by atoms with Crippen molar-refractivity contribution in [3.63, 3.8) is 0 Å². The van der Waals surface area contributed by atoms with Gasteiger partial charge in [0.25, 0.3) is 0 Å². The Bertz CT molecular complexity index is 774. The van der Waals surface area contributed by atoms with Crippen LogP contribution in [0.5, 0.6) is 0 Å². The quantitative estimate of drug-likeness (QED) is 0.940. The van der Waals surface area contributed by atoms with Crippen molar-refractivity contribution in [3.05, 3.63) is 65.0 Å². The fraction of sp³-hybridized carbons (Fsp3) is 0.235. The highest BCUT2D eigenvalue weighted by atomic mass is 19.3. The summed E-state index contributed by atoms with van der Waals surface area (Å²) in [6.45, 7) is 1.20. The van der Waals surface area contributed by atoms with E-state index < -0.39 is 29.3 Å². The molecule has 0 bridgehead atoms. The normalized spacial score (nSPS) is 17.3. The van der Waals surface area contributed by atoms with Crippen molar-refractivity contribution >= 4 is 11.6 Å². The lowest BCUT2D eigenvalue weighted by molar-refractivity contribution is -0.141. The van der Waals surface area contributed by atoms with Gasteiger partial charge in [0.05, 0.1) is 23.9 Å². The van der Waals surface area contributed by atoms with Gasteiger partial charge in [0.15, 0.2) is 0 Å². The summed E-state index contributed by atoms with van der Waals surface area (Å²) >= 11 is 0. The number of carbonyl (C=O) groups is 1. The molecular weight excluding hydrogens is 307 g/mol. The van der Waals surface area contributed by atoms with Crippen molar-refractivity contribution < 1.29 is 23.1 Å². The molecule has 1 aliphatic rings. The number of hydrogen-bond donors (Lipinski definition) is 1. The molecule has 3 nitrogen and oxygen atoms in total. The monoisotopic (exact) mass is 321 g/mol. The smallest absolute Gasteiger partial charge is 0.352 e. The van der Waals surface area contributed by atoms with Gasteiger partial charge >= 0.3 is 11.8 Å². The molecule has 1 atom stereocenters. The molecule has 1 aliphatic heterocycles. The maximum Gasteiger partial charge on any atom is 0.352 e. The highest BCUT2D eigenvalue weighted by Crippen LogP contribution is 2.47. The van der Waals surface area contributed by atoms with Crippen molar-refractivity contribution in [2.45, 2.75) is 25.5 Å². The van der Waals surface area contributed by atoms with Gasteiger partial charge in [0.1, 0.15) is 5.82 Å². The van der Waals surface area contributed by atoms with Gasteiger partial charge in [0, 0.05) is 0 Å². The standard InChI is InChI=1S/C17H14F3NO2/c1-10(22)13-6-3-7-14-15(13)17(19,20)16(23)21(14)9-11-4-2-5-12(18)8-11/h2-8,10,22H,9H2,1H3/t10-/m0/s1. The van der Waals surface area contributed by atoms with E-state index in [1.807, 2.05) is 0 Å². The van der Waals surface area contributed by atoms with Crippen molar-refractivity contribution in [2.75, 3.05) is 4.90 Å². The van der Waals surface area contributed by atoms with E-state index in [9.17, 15) is 23.1 Å². The Kier molecular flexibility index (Phi) is 3.64. The maximum atomic E-state index is 14.4. The van der Waals surface area contributed by atoms with Crippen LogP contribution in [0.3, 0.4) is 0 Å². The summed E-state index contributed by atoms with van der Waals surface area (Å²) in [5, 5.41) is 9.71. The lowest BCUT2D eigenvalue weighted by Gasteiger charge is -2.17. The van der Waals surface area contributed by atoms with Crippen molar-refractivity contribution in [1.82, 2.24) is 0 Å². The van der Waals surface area contributed by atoms with Gasteiger partial charge in [-0.2, -0.15) is 8.78 Å². The van der Waals surface area contributed by atoms with Crippen LogP contribution in [-0.2, 0) is 17.3 Å². The number of anilines is 1. The molecule has 0 saturated carbocycles. The zero-order valence-corrected chi connectivity index (χ0v) is 12.3. The van der Waals surface area contributed by atoms with Gasteiger partial charge in [-0.1, -0.05) is 24.3 Å². The van der Waals surface area contributed by atoms with Gasteiger partial charge < -0.3 is 10.0 Å². The predicted octanol–water partition coefficient (Wildman–Crippen LogP) is 3.52. The van der Waals surface area contributed by atoms with Crippen LogP contribution in [0.25, 0.3) is 0 Å². The minimum atomic E-state index is -3.71. The fourth-order valence-electron chi connectivity index (χ4n) is 2.83. The summed E-state index contributed by atoms with van der Waals surface area (Å²) in [5.74, 6) is -5.58. The number of aliphatic hydroxyl groups excluding tert-OH is 1. The van der Waals surface area contributed by atoms with Crippen LogP contribution in [0.15, 0.2) is 42.5 Å². The molecule has 0 fully saturated rings. The SMILES string of the molecule is C[C@H](O)c1cccc2c1C(F)(F)C(=O)N2Cc1cccc(F)c1. The van der Waals surface area contributed by atoms with Crippen molar-refractivity contribution in [3.8, 4) is 0 Å². The first kappa shape index (κ1) is 15.6. The zero-order chi connectivity index (χ0) is 16.8. The number of alkyl halides is 2. The van der Waals surface area contributed by atoms with Crippen LogP contribution in [-0.4, -0.2) is 11.0 Å². The van der Waals surface area contributed by atoms with E-state index >= 15 is 0 Å². The molecule has 6 heteroatoms. The number of aliphatic hydroxyl groups is 1. The molecule has 0 aromatic heterocycles. The Balaban J connectivity index is 2.08. The number of rotatable bonds is 3. The number of halogens is 3. The number of fused-ring (bicyclic) bond motifs is 1. The molecule has 120 valence electrons. The lowest BCUT2D eigenvalue weighted by atomic mass is 9.98. The Morgan fingerprint density at radius 3 is 2.57 bits per heavy atom. The Morgan fingerprint density at radius 1 is 1.22 bits per heavy atom. The Morgan fingerprint density at radius 2 is 1.91 bits per heavy atom. The second-order valence-electron chi connectivity index (χ2n) is 5.51. The van der Waals surface area contributed by atoms with E-state index in [-0.39, 0.29) is 17.8 Å². The van der Waals surface area contributed by atoms with E-state index in [0.29, 0.717) is 5.56 Å². The summed E-state index contributed by atoms with van der Waals surface area (Å²) in [6, 6.07) is 9.73. The summed E-state index contributed by atoms with van der Waals surface area (Å²) < 4.78 is 42.1. The number of carbonyl (C=O) groups excluding carboxylic acids is 1. The molecule has 0 aliphatic carbocycles. The van der Waals surface area contributed by atoms with Gasteiger partial charge in [0.2, 0.25) is 0 Å². The van der Waals surface area contributed by atoms with Crippen LogP contribution in [0.1, 0.15) is 29.7 Å². The summed E-state index contributed by atoms with van der Waals surface area (Å²) in [5.41, 5.74) is -0.00823. The first-order chi connectivity index (χ1) is 10.8. The summed E-state index contributed by atoms with van der Waals surface area (Å²) in [4.78, 5) is 13.1. The minimum absolute atomic E-state index is 0.0163. The van der Waals surface area contributed by atoms with Crippen LogP contribution < -0.4 is 4.90 Å². The van der Waals surface area contributed by atoms with E-state index in [1.54, 1.807) is 6.07 Å². The van der Waals surface area contributed by atoms with Crippen LogP contribution in [0.2, 0.25) is 0 Å². The summed E-state index contributed by atoms with van der Waals surface area (Å²) in [6.07, 6.45) is -1.13. The molecule has 1 amide bonds. The first-order valence-electron chi connectivity index (χ1n) is 7.08. The highest BCUT2D eigenvalue weighted by Gasteiger charge is 2.54. The van der Waals surface area contributed by atoms with Crippen molar-refractivity contribution in [2.24, 2.45) is 0 Å². The topological polar surface area (TPSA) is 40.5 Å². The third kappa shape index (κ3) is 2.49. The summed E-state index contributed by atoms with van der Waals surface area (Å²) in [7, 11) is 0. The third-order valence-corrected chi connectivity index (χ3v) is 3.87. The van der Waals surface area contributed by atoms with Crippen LogP contribution in [0.4, 0.5) is 18.9 Å². The Hall–Kier alpha value is -2.34. The first-order valence-corrected chi connectivity index (χ1v) is 7.08. The Labute approximate surface area is 131 Å². The van der Waals surface area contributed by atoms with Crippen molar-refractivity contribution in [1.29, 1.82) is 0 Å². The molecule has 0 spiro atoms. The largest absolute Gasteiger partial charge is 0.389 e. The molecular formula is C17H14F3NO2. The average Bonchev–Trinajstić information content (AvgIpc) is 2.68. The number of hydrogen-bond acceptors (Lipinski definition) is 2. The third-order valence-electron chi connectivity index (χ3n) is 3.87. The van der Waals surface area contributed by atoms with E-state index in [1.165, 1.54) is 43.3 Å². The van der Waals surface area contributed by atoms with Gasteiger partial charge in [-0.25, -0.2) is 4.39 Å². The molecule has 2 aromatic carbocycles. The molecule has 1 heterocycles. The molecule has 23 heavy (non-hydrogen) atoms. The molecule has 3 rings (SSSR count). The second-order valence-corrected chi connectivity index (χ2v) is 5.51. The van der Waals surface area contributed by atoms with Crippen LogP contribution in [0, 0.1) is 5.82 Å². The van der Waals surface area contributed by atoms with Crippen LogP contribution >= 0.6 is 0 Å². The predicted molar refractivity (Wildman–Crippen MR) is 78.6 cm³/mol. The number of nitrogens with zero attached hydrogens (tertiary/aromatic N) is 1. The maximum absolute atomic E-state index is 14.4. The molecule has 0 unspecified atom stereocenters. The van der Waals surface area contributed by atoms with E-state index in [0.717, 1.165) is 4.90 Å². The van der Waals surface area contributed by atoms with Gasteiger partial charge in [-0.15, -0.1) is 0 Å². The number of amides is 1. The lowest BCUT2D eigenvalue weighted by Crippen LogP contribution is -2.34. The van der Waals surface area contributed by atoms with Gasteiger partial charge in [-0.3, -0.25) is 4.79 Å². The molecule has 1 N–H and O–H groups in total. The van der Waals surface area contributed by atoms with E-state index in [2.05, 4.69) is 0 Å². The molecule has 0 saturated heterocycles. The number of benzene rings is 2. The second kappa shape index (κ2) is 5.38.